The van der Waals surface area contributed by atoms with Crippen molar-refractivity contribution in [3.05, 3.63) is 58.7 Å². The van der Waals surface area contributed by atoms with E-state index in [1.54, 1.807) is 18.2 Å². The van der Waals surface area contributed by atoms with Gasteiger partial charge in [0.15, 0.2) is 11.6 Å². The minimum absolute atomic E-state index is 0.0133. The number of fused-ring (bicyclic) bond motifs is 1. The predicted molar refractivity (Wildman–Crippen MR) is 141 cm³/mol. The molecule has 0 aliphatic heterocycles. The summed E-state index contributed by atoms with van der Waals surface area (Å²) < 4.78 is 0. The van der Waals surface area contributed by atoms with Crippen molar-refractivity contribution >= 4 is 11.6 Å². The molecule has 1 aromatic carbocycles. The van der Waals surface area contributed by atoms with Gasteiger partial charge < -0.3 is 0 Å². The van der Waals surface area contributed by atoms with Gasteiger partial charge in [-0.1, -0.05) is 109 Å². The van der Waals surface area contributed by atoms with Crippen LogP contribution in [0.2, 0.25) is 0 Å². The van der Waals surface area contributed by atoms with Crippen LogP contribution in [-0.4, -0.2) is 11.6 Å². The summed E-state index contributed by atoms with van der Waals surface area (Å²) in [5, 5.41) is 0. The van der Waals surface area contributed by atoms with Crippen LogP contribution in [-0.2, 0) is 0 Å². The molecule has 0 N–H and O–H groups in total. The molecule has 0 saturated carbocycles. The third-order valence-electron chi connectivity index (χ3n) is 7.08. The highest BCUT2D eigenvalue weighted by Crippen LogP contribution is 2.25. The van der Waals surface area contributed by atoms with Gasteiger partial charge in [0.25, 0.3) is 0 Å². The number of benzene rings is 1. The van der Waals surface area contributed by atoms with E-state index >= 15 is 0 Å². The second kappa shape index (κ2) is 14.3. The van der Waals surface area contributed by atoms with E-state index in [1.165, 1.54) is 56.9 Å². The average molecular weight is 451 g/mol. The Labute approximate surface area is 202 Å². The summed E-state index contributed by atoms with van der Waals surface area (Å²) >= 11 is 0. The van der Waals surface area contributed by atoms with Crippen molar-refractivity contribution in [1.82, 2.24) is 0 Å². The van der Waals surface area contributed by atoms with Crippen LogP contribution in [0, 0.1) is 17.8 Å². The van der Waals surface area contributed by atoms with Crippen LogP contribution < -0.4 is 0 Å². The third-order valence-corrected chi connectivity index (χ3v) is 7.08. The molecule has 0 spiro atoms. The van der Waals surface area contributed by atoms with Crippen molar-refractivity contribution < 1.29 is 9.59 Å². The second-order valence-corrected chi connectivity index (χ2v) is 10.9. The fourth-order valence-corrected chi connectivity index (χ4v) is 4.84. The van der Waals surface area contributed by atoms with E-state index in [1.807, 2.05) is 12.1 Å². The van der Waals surface area contributed by atoms with Gasteiger partial charge in [-0.15, -0.1) is 0 Å². The molecule has 1 aliphatic carbocycles. The van der Waals surface area contributed by atoms with Gasteiger partial charge in [-0.2, -0.15) is 0 Å². The van der Waals surface area contributed by atoms with E-state index in [0.717, 1.165) is 30.6 Å². The number of rotatable bonds is 15. The van der Waals surface area contributed by atoms with E-state index in [9.17, 15) is 9.59 Å². The van der Waals surface area contributed by atoms with Crippen molar-refractivity contribution in [1.29, 1.82) is 0 Å². The maximum absolute atomic E-state index is 12.7. The summed E-state index contributed by atoms with van der Waals surface area (Å²) in [7, 11) is 0. The van der Waals surface area contributed by atoms with E-state index in [2.05, 4.69) is 40.7 Å². The molecule has 0 bridgehead atoms. The van der Waals surface area contributed by atoms with Crippen LogP contribution in [0.1, 0.15) is 126 Å². The van der Waals surface area contributed by atoms with Gasteiger partial charge in [-0.25, -0.2) is 0 Å². The molecule has 2 rings (SSSR count). The summed E-state index contributed by atoms with van der Waals surface area (Å²) in [6, 6.07) is 7.14. The first-order chi connectivity index (χ1) is 15.8. The van der Waals surface area contributed by atoms with E-state index in [-0.39, 0.29) is 11.6 Å². The average Bonchev–Trinajstić information content (AvgIpc) is 2.77. The zero-order valence-electron chi connectivity index (χ0n) is 21.8. The third kappa shape index (κ3) is 9.82. The summed E-state index contributed by atoms with van der Waals surface area (Å²) in [5.41, 5.74) is 3.14. The highest BCUT2D eigenvalue weighted by Gasteiger charge is 2.24. The van der Waals surface area contributed by atoms with Gasteiger partial charge in [0, 0.05) is 16.7 Å². The minimum Gasteiger partial charge on any atom is -0.289 e. The number of carbonyl (C=O) groups excluding carboxylic acids is 2. The molecular formula is C31H46O2. The molecule has 0 fully saturated rings. The lowest BCUT2D eigenvalue weighted by Crippen LogP contribution is -2.16. The van der Waals surface area contributed by atoms with Crippen molar-refractivity contribution in [3.63, 3.8) is 0 Å². The Bertz CT molecular complexity index is 827. The lowest BCUT2D eigenvalue weighted by atomic mass is 9.87. The Balaban J connectivity index is 1.61. The highest BCUT2D eigenvalue weighted by atomic mass is 16.1. The summed E-state index contributed by atoms with van der Waals surface area (Å²) in [4.78, 5) is 24.9. The molecule has 1 aromatic rings. The van der Waals surface area contributed by atoms with E-state index in [0.29, 0.717) is 23.1 Å². The Hall–Kier alpha value is -1.96. The fraction of sp³-hybridized carbons (Fsp3) is 0.613. The van der Waals surface area contributed by atoms with Gasteiger partial charge in [0.1, 0.15) is 0 Å². The number of allylic oxidation sites excluding steroid dienone is 4. The zero-order chi connectivity index (χ0) is 24.2. The van der Waals surface area contributed by atoms with Crippen LogP contribution in [0.4, 0.5) is 0 Å². The zero-order valence-corrected chi connectivity index (χ0v) is 21.8. The van der Waals surface area contributed by atoms with Crippen LogP contribution in [0.3, 0.4) is 0 Å². The lowest BCUT2D eigenvalue weighted by Gasteiger charge is -2.15. The standard InChI is InChI=1S/C31H46O2/c1-23(2)12-8-13-24(3)14-9-15-25(4)16-10-17-26(5)18-11-19-27-22-30(32)28-20-6-7-21-29(28)31(27)33/h6-7,18,20-25H,8-17,19H2,1-5H3/b26-18+/t24-,25-/m0/s1. The van der Waals surface area contributed by atoms with Crippen LogP contribution in [0.25, 0.3) is 0 Å². The quantitative estimate of drug-likeness (QED) is 0.250. The molecule has 182 valence electrons. The molecular weight excluding hydrogens is 404 g/mol. The first kappa shape index (κ1) is 27.3. The molecule has 0 amide bonds. The Morgan fingerprint density at radius 1 is 0.818 bits per heavy atom. The first-order valence-electron chi connectivity index (χ1n) is 13.3. The molecule has 2 atom stereocenters. The lowest BCUT2D eigenvalue weighted by molar-refractivity contribution is 0.0981. The molecule has 0 heterocycles. The van der Waals surface area contributed by atoms with Gasteiger partial charge in [-0.3, -0.25) is 9.59 Å². The number of ketones is 2. The van der Waals surface area contributed by atoms with Crippen LogP contribution in [0.15, 0.2) is 47.6 Å². The number of hydrogen-bond donors (Lipinski definition) is 0. The molecule has 0 radical (unpaired) electrons. The normalized spacial score (nSPS) is 16.1. The molecule has 2 heteroatoms. The number of Topliss-reactive ketones (excluding diaryl/α,β-unsaturated/α-hetero) is 1. The predicted octanol–water partition coefficient (Wildman–Crippen LogP) is 9.16. The molecule has 0 aromatic heterocycles. The van der Waals surface area contributed by atoms with Crippen LogP contribution >= 0.6 is 0 Å². The highest BCUT2D eigenvalue weighted by molar-refractivity contribution is 6.24. The second-order valence-electron chi connectivity index (χ2n) is 10.9. The van der Waals surface area contributed by atoms with E-state index < -0.39 is 0 Å². The summed E-state index contributed by atoms with van der Waals surface area (Å²) in [5.74, 6) is 2.48. The van der Waals surface area contributed by atoms with Gasteiger partial charge in [-0.05, 0) is 56.4 Å². The molecule has 0 unspecified atom stereocenters. The van der Waals surface area contributed by atoms with Crippen molar-refractivity contribution in [3.8, 4) is 0 Å². The SMILES string of the molecule is C/C(=C\CCC1=CC(=O)c2ccccc2C1=O)CCC[C@@H](C)CCC[C@@H](C)CCCC(C)C. The molecule has 1 aliphatic rings. The largest absolute Gasteiger partial charge is 0.289 e. The Morgan fingerprint density at radius 2 is 1.39 bits per heavy atom. The van der Waals surface area contributed by atoms with Crippen molar-refractivity contribution in [2.24, 2.45) is 17.8 Å². The van der Waals surface area contributed by atoms with E-state index in [4.69, 9.17) is 0 Å². The maximum Gasteiger partial charge on any atom is 0.189 e. The smallest absolute Gasteiger partial charge is 0.189 e. The molecule has 2 nitrogen and oxygen atoms in total. The fourth-order valence-electron chi connectivity index (χ4n) is 4.84. The van der Waals surface area contributed by atoms with Crippen molar-refractivity contribution in [2.75, 3.05) is 0 Å². The molecule has 33 heavy (non-hydrogen) atoms. The molecule has 0 saturated heterocycles. The summed E-state index contributed by atoms with van der Waals surface area (Å²) in [6.45, 7) is 11.7. The van der Waals surface area contributed by atoms with Gasteiger partial charge in [0.2, 0.25) is 0 Å². The van der Waals surface area contributed by atoms with Crippen LogP contribution in [0.5, 0.6) is 0 Å². The Kier molecular flexibility index (Phi) is 11.9. The van der Waals surface area contributed by atoms with Gasteiger partial charge in [0.05, 0.1) is 0 Å². The minimum atomic E-state index is -0.0418. The van der Waals surface area contributed by atoms with Gasteiger partial charge >= 0.3 is 0 Å². The first-order valence-corrected chi connectivity index (χ1v) is 13.3. The monoisotopic (exact) mass is 450 g/mol. The Morgan fingerprint density at radius 3 is 2.03 bits per heavy atom. The summed E-state index contributed by atoms with van der Waals surface area (Å²) in [6.07, 6.45) is 17.2. The topological polar surface area (TPSA) is 34.1 Å². The number of hydrogen-bond acceptors (Lipinski definition) is 2. The van der Waals surface area contributed by atoms with Crippen molar-refractivity contribution in [2.45, 2.75) is 105 Å². The maximum atomic E-state index is 12.7. The number of carbonyl (C=O) groups is 2.